The molecule has 122 valence electrons. The molecule has 0 saturated heterocycles. The highest BCUT2D eigenvalue weighted by atomic mass is 16.6. The van der Waals surface area contributed by atoms with E-state index in [0.29, 0.717) is 24.2 Å². The number of carbonyl (C=O) groups is 2. The quantitative estimate of drug-likeness (QED) is 0.849. The lowest BCUT2D eigenvalue weighted by Gasteiger charge is -2.24. The van der Waals surface area contributed by atoms with E-state index in [9.17, 15) is 9.59 Å². The van der Waals surface area contributed by atoms with Crippen molar-refractivity contribution in [2.45, 2.75) is 52.1 Å². The molecular formula is C18H21NO4. The van der Waals surface area contributed by atoms with Crippen LogP contribution in [0.25, 0.3) is 5.57 Å². The van der Waals surface area contributed by atoms with Gasteiger partial charge in [-0.15, -0.1) is 0 Å². The molecule has 0 unspecified atom stereocenters. The Kier molecular flexibility index (Phi) is 3.66. The van der Waals surface area contributed by atoms with Crippen LogP contribution in [0, 0.1) is 20.8 Å². The lowest BCUT2D eigenvalue weighted by atomic mass is 9.90. The molecule has 3 rings (SSSR count). The monoisotopic (exact) mass is 315 g/mol. The Morgan fingerprint density at radius 1 is 1.17 bits per heavy atom. The molecule has 1 aromatic rings. The number of hydrogen-bond acceptors (Lipinski definition) is 4. The summed E-state index contributed by atoms with van der Waals surface area (Å²) in [6.07, 6.45) is 2.27. The molecule has 23 heavy (non-hydrogen) atoms. The second-order valence-electron chi connectivity index (χ2n) is 6.49. The van der Waals surface area contributed by atoms with Gasteiger partial charge in [-0.3, -0.25) is 0 Å². The summed E-state index contributed by atoms with van der Waals surface area (Å²) in [7, 11) is 0. The van der Waals surface area contributed by atoms with Gasteiger partial charge in [-0.25, -0.2) is 9.59 Å². The van der Waals surface area contributed by atoms with Gasteiger partial charge >= 0.3 is 12.1 Å². The number of benzene rings is 1. The number of nitrogens with two attached hydrogens (primary N) is 1. The number of hydrogen-bond donors (Lipinski definition) is 1. The maximum atomic E-state index is 12.6. The largest absolute Gasteiger partial charge is 0.447 e. The molecular weight excluding hydrogens is 294 g/mol. The average molecular weight is 315 g/mol. The van der Waals surface area contributed by atoms with Crippen molar-refractivity contribution in [1.82, 2.24) is 0 Å². The van der Waals surface area contributed by atoms with Crippen molar-refractivity contribution < 1.29 is 19.1 Å². The summed E-state index contributed by atoms with van der Waals surface area (Å²) in [5.41, 5.74) is 8.57. The molecule has 5 nitrogen and oxygen atoms in total. The van der Waals surface area contributed by atoms with E-state index in [1.807, 2.05) is 32.9 Å². The van der Waals surface area contributed by atoms with Crippen molar-refractivity contribution in [3.63, 3.8) is 0 Å². The zero-order valence-electron chi connectivity index (χ0n) is 13.7. The second-order valence-corrected chi connectivity index (χ2v) is 6.49. The van der Waals surface area contributed by atoms with Crippen LogP contribution in [0.4, 0.5) is 4.79 Å². The fourth-order valence-corrected chi connectivity index (χ4v) is 3.91. The van der Waals surface area contributed by atoms with E-state index in [1.165, 1.54) is 0 Å². The summed E-state index contributed by atoms with van der Waals surface area (Å²) >= 11 is 0. The summed E-state index contributed by atoms with van der Waals surface area (Å²) in [6.45, 7) is 5.89. The van der Waals surface area contributed by atoms with Crippen LogP contribution in [0.15, 0.2) is 17.9 Å². The number of primary amides is 1. The summed E-state index contributed by atoms with van der Waals surface area (Å²) in [6, 6.07) is 4.01. The van der Waals surface area contributed by atoms with Gasteiger partial charge in [0.1, 0.15) is 5.57 Å². The third-order valence-electron chi connectivity index (χ3n) is 4.67. The molecule has 1 amide bonds. The van der Waals surface area contributed by atoms with Gasteiger partial charge in [0.25, 0.3) is 0 Å². The Balaban J connectivity index is 2.24. The molecule has 0 atom stereocenters. The lowest BCUT2D eigenvalue weighted by molar-refractivity contribution is -0.146. The van der Waals surface area contributed by atoms with E-state index in [1.54, 1.807) is 0 Å². The highest BCUT2D eigenvalue weighted by Gasteiger charge is 2.52. The third kappa shape index (κ3) is 2.50. The van der Waals surface area contributed by atoms with E-state index in [-0.39, 0.29) is 0 Å². The van der Waals surface area contributed by atoms with Gasteiger partial charge in [-0.05, 0) is 63.1 Å². The van der Waals surface area contributed by atoms with Crippen molar-refractivity contribution in [2.24, 2.45) is 5.73 Å². The predicted molar refractivity (Wildman–Crippen MR) is 85.5 cm³/mol. The van der Waals surface area contributed by atoms with Crippen molar-refractivity contribution >= 4 is 17.6 Å². The molecule has 1 aliphatic heterocycles. The number of carbonyl (C=O) groups excluding carboxylic acids is 2. The van der Waals surface area contributed by atoms with Crippen molar-refractivity contribution in [2.75, 3.05) is 0 Å². The first-order chi connectivity index (χ1) is 10.8. The number of ether oxygens (including phenoxy) is 2. The van der Waals surface area contributed by atoms with Gasteiger partial charge in [-0.2, -0.15) is 0 Å². The molecule has 2 N–H and O–H groups in total. The molecule has 1 aromatic carbocycles. The van der Waals surface area contributed by atoms with Crippen LogP contribution in [-0.2, 0) is 14.3 Å². The molecule has 0 radical (unpaired) electrons. The smallest absolute Gasteiger partial charge is 0.409 e. The minimum Gasteiger partial charge on any atom is -0.447 e. The first-order valence-corrected chi connectivity index (χ1v) is 7.88. The molecule has 1 aliphatic carbocycles. The van der Waals surface area contributed by atoms with Crippen molar-refractivity contribution in [1.29, 1.82) is 0 Å². The van der Waals surface area contributed by atoms with Gasteiger partial charge in [0.2, 0.25) is 0 Å². The number of amides is 1. The Bertz CT molecular complexity index is 704. The van der Waals surface area contributed by atoms with E-state index in [2.05, 4.69) is 0 Å². The zero-order chi connectivity index (χ0) is 16.8. The highest BCUT2D eigenvalue weighted by molar-refractivity contribution is 6.20. The van der Waals surface area contributed by atoms with Crippen LogP contribution >= 0.6 is 0 Å². The van der Waals surface area contributed by atoms with Gasteiger partial charge in [0, 0.05) is 0 Å². The summed E-state index contributed by atoms with van der Waals surface area (Å²) in [4.78, 5) is 24.0. The van der Waals surface area contributed by atoms with Crippen LogP contribution in [-0.4, -0.2) is 17.7 Å². The van der Waals surface area contributed by atoms with Crippen molar-refractivity contribution in [3.8, 4) is 0 Å². The van der Waals surface area contributed by atoms with Crippen LogP contribution < -0.4 is 5.73 Å². The Morgan fingerprint density at radius 2 is 1.74 bits per heavy atom. The van der Waals surface area contributed by atoms with E-state index in [0.717, 1.165) is 35.1 Å². The van der Waals surface area contributed by atoms with E-state index in [4.69, 9.17) is 15.2 Å². The number of rotatable bonds is 2. The second kappa shape index (κ2) is 5.41. The number of aryl methyl sites for hydroxylation is 3. The topological polar surface area (TPSA) is 78.6 Å². The third-order valence-corrected chi connectivity index (χ3v) is 4.67. The highest BCUT2D eigenvalue weighted by Crippen LogP contribution is 2.49. The predicted octanol–water partition coefficient (Wildman–Crippen LogP) is 3.29. The first-order valence-electron chi connectivity index (χ1n) is 7.88. The molecule has 0 bridgehead atoms. The van der Waals surface area contributed by atoms with Crippen molar-refractivity contribution in [3.05, 3.63) is 40.1 Å². The maximum absolute atomic E-state index is 12.6. The SMILES string of the molecule is Cc1cc(C)c(C2=C(OC(N)=O)C3(CCCC3)OC2=O)c(C)c1. The fourth-order valence-electron chi connectivity index (χ4n) is 3.91. The Morgan fingerprint density at radius 3 is 2.26 bits per heavy atom. The minimum absolute atomic E-state index is 0.294. The molecule has 0 aromatic heterocycles. The molecule has 2 aliphatic rings. The average Bonchev–Trinajstić information content (AvgIpc) is 2.98. The molecule has 1 heterocycles. The fraction of sp³-hybridized carbons (Fsp3) is 0.444. The van der Waals surface area contributed by atoms with Gasteiger partial charge < -0.3 is 15.2 Å². The first kappa shape index (κ1) is 15.6. The normalized spacial score (nSPS) is 19.3. The van der Waals surface area contributed by atoms with Crippen LogP contribution in [0.3, 0.4) is 0 Å². The molecule has 5 heteroatoms. The molecule has 1 fully saturated rings. The summed E-state index contributed by atoms with van der Waals surface area (Å²) in [5, 5.41) is 0. The van der Waals surface area contributed by atoms with Gasteiger partial charge in [0.05, 0.1) is 0 Å². The van der Waals surface area contributed by atoms with E-state index >= 15 is 0 Å². The lowest BCUT2D eigenvalue weighted by Crippen LogP contribution is -2.31. The molecule has 1 saturated carbocycles. The van der Waals surface area contributed by atoms with Gasteiger partial charge in [-0.1, -0.05) is 17.7 Å². The Hall–Kier alpha value is -2.30. The minimum atomic E-state index is -0.913. The van der Waals surface area contributed by atoms with Gasteiger partial charge in [0.15, 0.2) is 11.4 Å². The van der Waals surface area contributed by atoms with Crippen LogP contribution in [0.2, 0.25) is 0 Å². The zero-order valence-corrected chi connectivity index (χ0v) is 13.7. The maximum Gasteiger partial charge on any atom is 0.409 e. The summed E-state index contributed by atoms with van der Waals surface area (Å²) in [5.74, 6) is -0.138. The molecule has 1 spiro atoms. The summed E-state index contributed by atoms with van der Waals surface area (Å²) < 4.78 is 11.0. The van der Waals surface area contributed by atoms with Crippen LogP contribution in [0.1, 0.15) is 47.9 Å². The number of esters is 1. The Labute approximate surface area is 135 Å². The standard InChI is InChI=1S/C18H21NO4/c1-10-8-11(2)13(12(3)9-10)14-15(22-17(19)21)18(23-16(14)20)6-4-5-7-18/h8-9H,4-7H2,1-3H3,(H2,19,21). The van der Waals surface area contributed by atoms with Crippen LogP contribution in [0.5, 0.6) is 0 Å². The van der Waals surface area contributed by atoms with E-state index < -0.39 is 17.7 Å².